The zero-order valence-corrected chi connectivity index (χ0v) is 17.5. The molecular weight excluding hydrogens is 392 g/mol. The number of aryl methyl sites for hydroxylation is 2. The number of rotatable bonds is 7. The number of benzene rings is 2. The smallest absolute Gasteiger partial charge is 0.332 e. The molecule has 2 aromatic carbocycles. The predicted octanol–water partition coefficient (Wildman–Crippen LogP) is 2.29. The zero-order chi connectivity index (χ0) is 22.0. The Hall–Kier alpha value is -3.81. The highest BCUT2D eigenvalue weighted by Crippen LogP contribution is 2.17. The fourth-order valence-electron chi connectivity index (χ4n) is 3.79. The van der Waals surface area contributed by atoms with Crippen molar-refractivity contribution in [3.8, 4) is 0 Å². The van der Waals surface area contributed by atoms with Gasteiger partial charge in [-0.25, -0.2) is 9.78 Å². The third-order valence-electron chi connectivity index (χ3n) is 5.43. The van der Waals surface area contributed by atoms with E-state index in [4.69, 9.17) is 11.5 Å². The van der Waals surface area contributed by atoms with Gasteiger partial charge < -0.3 is 16.5 Å². The Morgan fingerprint density at radius 3 is 2.19 bits per heavy atom. The van der Waals surface area contributed by atoms with E-state index >= 15 is 0 Å². The maximum Gasteiger partial charge on any atom is 0.332 e. The third kappa shape index (κ3) is 3.96. The van der Waals surface area contributed by atoms with Gasteiger partial charge in [-0.05, 0) is 36.1 Å². The summed E-state index contributed by atoms with van der Waals surface area (Å²) in [7, 11) is 0. The molecule has 8 nitrogen and oxygen atoms in total. The van der Waals surface area contributed by atoms with Gasteiger partial charge in [0.15, 0.2) is 5.65 Å². The highest BCUT2D eigenvalue weighted by molar-refractivity contribution is 5.70. The summed E-state index contributed by atoms with van der Waals surface area (Å²) in [5.41, 5.74) is 15.3. The zero-order valence-electron chi connectivity index (χ0n) is 17.5. The minimum atomic E-state index is -0.355. The monoisotopic (exact) mass is 418 g/mol. The van der Waals surface area contributed by atoms with E-state index < -0.39 is 0 Å². The average Bonchev–Trinajstić information content (AvgIpc) is 3.18. The summed E-state index contributed by atoms with van der Waals surface area (Å²) in [5.74, 6) is 0.589. The van der Waals surface area contributed by atoms with Crippen LogP contribution in [0.4, 0.5) is 11.4 Å². The van der Waals surface area contributed by atoms with Gasteiger partial charge in [0.2, 0.25) is 0 Å². The van der Waals surface area contributed by atoms with Crippen molar-refractivity contribution in [1.29, 1.82) is 0 Å². The summed E-state index contributed by atoms with van der Waals surface area (Å²) in [6.07, 6.45) is 1.67. The van der Waals surface area contributed by atoms with Crippen LogP contribution in [-0.4, -0.2) is 19.1 Å². The van der Waals surface area contributed by atoms with E-state index in [1.165, 1.54) is 4.57 Å². The van der Waals surface area contributed by atoms with Gasteiger partial charge in [0.05, 0.1) is 0 Å². The number of para-hydroxylation sites is 2. The molecule has 2 aromatic heterocycles. The molecule has 0 saturated carbocycles. The number of nitrogens with two attached hydrogens (primary N) is 2. The van der Waals surface area contributed by atoms with Crippen LogP contribution in [0, 0.1) is 0 Å². The van der Waals surface area contributed by atoms with E-state index in [-0.39, 0.29) is 11.2 Å². The first-order valence-corrected chi connectivity index (χ1v) is 10.4. The highest BCUT2D eigenvalue weighted by atomic mass is 16.2. The van der Waals surface area contributed by atoms with Crippen molar-refractivity contribution in [3.63, 3.8) is 0 Å². The molecule has 0 atom stereocenters. The Kier molecular flexibility index (Phi) is 5.62. The second kappa shape index (κ2) is 8.51. The molecule has 0 aliphatic carbocycles. The summed E-state index contributed by atoms with van der Waals surface area (Å²) < 4.78 is 2.84. The van der Waals surface area contributed by atoms with Crippen LogP contribution in [0.15, 0.2) is 58.1 Å². The predicted molar refractivity (Wildman–Crippen MR) is 123 cm³/mol. The standard InChI is InChI=1S/C23H26N6O2/c1-2-12-29-22(30)20-21(27-19(26-20)14-16-8-4-6-10-18(16)25)28(23(29)31)13-11-15-7-3-5-9-17(15)24/h3-10H,2,11-14,24-25H2,1H3,(H,26,27). The lowest BCUT2D eigenvalue weighted by Gasteiger charge is -2.11. The molecule has 0 amide bonds. The van der Waals surface area contributed by atoms with Crippen LogP contribution in [0.3, 0.4) is 0 Å². The molecule has 0 aliphatic heterocycles. The number of aromatic amines is 1. The number of hydrogen-bond acceptors (Lipinski definition) is 5. The SMILES string of the molecule is CCCn1c(=O)c2[nH]c(Cc3ccccc3N)nc2n(CCc2ccccc2N)c1=O. The molecule has 2 heterocycles. The van der Waals surface area contributed by atoms with Crippen LogP contribution < -0.4 is 22.7 Å². The van der Waals surface area contributed by atoms with Gasteiger partial charge in [-0.15, -0.1) is 0 Å². The van der Waals surface area contributed by atoms with Crippen molar-refractivity contribution in [2.24, 2.45) is 0 Å². The number of aromatic nitrogens is 4. The van der Waals surface area contributed by atoms with Gasteiger partial charge in [0, 0.05) is 30.9 Å². The van der Waals surface area contributed by atoms with Gasteiger partial charge >= 0.3 is 5.69 Å². The number of nitrogens with zero attached hydrogens (tertiary/aromatic N) is 3. The Morgan fingerprint density at radius 2 is 1.55 bits per heavy atom. The molecule has 0 bridgehead atoms. The molecule has 0 unspecified atom stereocenters. The van der Waals surface area contributed by atoms with Gasteiger partial charge in [-0.3, -0.25) is 13.9 Å². The van der Waals surface area contributed by atoms with Crippen molar-refractivity contribution in [2.75, 3.05) is 11.5 Å². The van der Waals surface area contributed by atoms with E-state index in [9.17, 15) is 9.59 Å². The Morgan fingerprint density at radius 1 is 0.903 bits per heavy atom. The first-order valence-electron chi connectivity index (χ1n) is 10.4. The topological polar surface area (TPSA) is 125 Å². The molecule has 8 heteroatoms. The molecule has 0 aliphatic rings. The minimum Gasteiger partial charge on any atom is -0.399 e. The molecule has 0 fully saturated rings. The summed E-state index contributed by atoms with van der Waals surface area (Å²) in [6, 6.07) is 15.1. The third-order valence-corrected chi connectivity index (χ3v) is 5.43. The number of hydrogen-bond donors (Lipinski definition) is 3. The molecule has 160 valence electrons. The maximum atomic E-state index is 13.1. The second-order valence-corrected chi connectivity index (χ2v) is 7.60. The number of H-pyrrole nitrogens is 1. The fraction of sp³-hybridized carbons (Fsp3) is 0.261. The van der Waals surface area contributed by atoms with E-state index in [0.29, 0.717) is 60.7 Å². The minimum absolute atomic E-state index is 0.332. The molecule has 4 aromatic rings. The number of fused-ring (bicyclic) bond motifs is 1. The Balaban J connectivity index is 1.80. The second-order valence-electron chi connectivity index (χ2n) is 7.60. The molecule has 0 saturated heterocycles. The van der Waals surface area contributed by atoms with Crippen molar-refractivity contribution >= 4 is 22.5 Å². The van der Waals surface area contributed by atoms with E-state index in [1.807, 2.05) is 55.5 Å². The highest BCUT2D eigenvalue weighted by Gasteiger charge is 2.18. The molecule has 0 spiro atoms. The van der Waals surface area contributed by atoms with Crippen LogP contribution >= 0.6 is 0 Å². The number of anilines is 2. The van der Waals surface area contributed by atoms with E-state index in [0.717, 1.165) is 11.1 Å². The van der Waals surface area contributed by atoms with Crippen LogP contribution in [0.25, 0.3) is 11.2 Å². The fourth-order valence-corrected chi connectivity index (χ4v) is 3.79. The number of imidazole rings is 1. The summed E-state index contributed by atoms with van der Waals surface area (Å²) in [6.45, 7) is 2.65. The van der Waals surface area contributed by atoms with Crippen LogP contribution in [0.1, 0.15) is 30.3 Å². The molecular formula is C23H26N6O2. The van der Waals surface area contributed by atoms with Crippen LogP contribution in [0.5, 0.6) is 0 Å². The summed E-state index contributed by atoms with van der Waals surface area (Å²) in [4.78, 5) is 33.9. The normalized spacial score (nSPS) is 11.3. The summed E-state index contributed by atoms with van der Waals surface area (Å²) in [5, 5.41) is 0. The maximum absolute atomic E-state index is 13.1. The molecule has 0 radical (unpaired) electrons. The van der Waals surface area contributed by atoms with E-state index in [2.05, 4.69) is 9.97 Å². The average molecular weight is 419 g/mol. The van der Waals surface area contributed by atoms with Crippen molar-refractivity contribution in [1.82, 2.24) is 19.1 Å². The number of nitrogen functional groups attached to an aromatic ring is 2. The first kappa shape index (κ1) is 20.5. The van der Waals surface area contributed by atoms with E-state index in [1.54, 1.807) is 4.57 Å². The van der Waals surface area contributed by atoms with Crippen molar-refractivity contribution < 1.29 is 0 Å². The van der Waals surface area contributed by atoms with Gasteiger partial charge in [0.1, 0.15) is 11.3 Å². The Bertz CT molecular complexity index is 1350. The quantitative estimate of drug-likeness (QED) is 0.397. The molecule has 5 N–H and O–H groups in total. The van der Waals surface area contributed by atoms with Gasteiger partial charge in [-0.1, -0.05) is 43.3 Å². The van der Waals surface area contributed by atoms with Crippen LogP contribution in [-0.2, 0) is 25.9 Å². The van der Waals surface area contributed by atoms with Gasteiger partial charge in [0.25, 0.3) is 5.56 Å². The lowest BCUT2D eigenvalue weighted by Crippen LogP contribution is -2.40. The number of nitrogens with one attached hydrogen (secondary N) is 1. The molecule has 4 rings (SSSR count). The summed E-state index contributed by atoms with van der Waals surface area (Å²) >= 11 is 0. The first-order chi connectivity index (χ1) is 15.0. The van der Waals surface area contributed by atoms with Crippen LogP contribution in [0.2, 0.25) is 0 Å². The Labute approximate surface area is 179 Å². The van der Waals surface area contributed by atoms with Crippen molar-refractivity contribution in [2.45, 2.75) is 39.3 Å². The van der Waals surface area contributed by atoms with Crippen molar-refractivity contribution in [3.05, 3.63) is 86.3 Å². The largest absolute Gasteiger partial charge is 0.399 e. The molecule has 31 heavy (non-hydrogen) atoms. The van der Waals surface area contributed by atoms with Gasteiger partial charge in [-0.2, -0.15) is 0 Å². The lowest BCUT2D eigenvalue weighted by atomic mass is 10.1. The lowest BCUT2D eigenvalue weighted by molar-refractivity contribution is 0.560.